The summed E-state index contributed by atoms with van der Waals surface area (Å²) in [7, 11) is 0. The Labute approximate surface area is 105 Å². The van der Waals surface area contributed by atoms with Crippen LogP contribution in [0.2, 0.25) is 0 Å². The van der Waals surface area contributed by atoms with Crippen molar-refractivity contribution in [3.63, 3.8) is 0 Å². The number of hydrogen-bond acceptors (Lipinski definition) is 5. The molecule has 0 bridgehead atoms. The number of carbonyl (C=O) groups excluding carboxylic acids is 1. The largest absolute Gasteiger partial charge is 0.466 e. The molecule has 0 aliphatic heterocycles. The van der Waals surface area contributed by atoms with Crippen molar-refractivity contribution in [2.45, 2.75) is 24.8 Å². The van der Waals surface area contributed by atoms with Gasteiger partial charge in [0, 0.05) is 4.90 Å². The third-order valence-electron chi connectivity index (χ3n) is 2.21. The van der Waals surface area contributed by atoms with E-state index < -0.39 is 5.97 Å². The highest BCUT2D eigenvalue weighted by Gasteiger charge is 2.13. The maximum Gasteiger partial charge on any atom is 0.310 e. The molecule has 1 N–H and O–H groups in total. The van der Waals surface area contributed by atoms with Crippen LogP contribution in [0.5, 0.6) is 0 Å². The lowest BCUT2D eigenvalue weighted by molar-refractivity contribution is -0.142. The molecule has 0 radical (unpaired) electrons. The summed E-state index contributed by atoms with van der Waals surface area (Å²) in [5.74, 6) is -0.396. The molecule has 4 nitrogen and oxygen atoms in total. The molecule has 1 rings (SSSR count). The molecule has 0 amide bonds. The molecule has 0 aliphatic carbocycles. The van der Waals surface area contributed by atoms with Gasteiger partial charge in [-0.3, -0.25) is 4.79 Å². The summed E-state index contributed by atoms with van der Waals surface area (Å²) in [6.07, 6.45) is 0.0120. The van der Waals surface area contributed by atoms with E-state index in [0.29, 0.717) is 28.2 Å². The van der Waals surface area contributed by atoms with Crippen molar-refractivity contribution in [2.75, 3.05) is 6.61 Å². The molecule has 0 saturated heterocycles. The number of carbonyl (C=O) groups is 1. The molecule has 0 saturated carbocycles. The second-order valence-electron chi connectivity index (χ2n) is 3.39. The first-order valence-corrected chi connectivity index (χ1v) is 5.58. The number of benzene rings is 1. The number of esters is 1. The van der Waals surface area contributed by atoms with Crippen LogP contribution in [-0.4, -0.2) is 17.7 Å². The van der Waals surface area contributed by atoms with Crippen molar-refractivity contribution in [3.8, 4) is 6.07 Å². The van der Waals surface area contributed by atoms with Crippen LogP contribution in [0.4, 0.5) is 0 Å². The Hall–Kier alpha value is -1.51. The number of aliphatic hydroxyl groups excluding tert-OH is 1. The van der Waals surface area contributed by atoms with E-state index in [1.165, 1.54) is 0 Å². The Bertz CT molecular complexity index is 466. The fourth-order valence-corrected chi connectivity index (χ4v) is 1.84. The van der Waals surface area contributed by atoms with Crippen molar-refractivity contribution in [3.05, 3.63) is 28.8 Å². The minimum atomic E-state index is -0.396. The smallest absolute Gasteiger partial charge is 0.310 e. The van der Waals surface area contributed by atoms with Crippen LogP contribution in [0.15, 0.2) is 17.0 Å². The topological polar surface area (TPSA) is 70.3 Å². The molecule has 17 heavy (non-hydrogen) atoms. The number of nitrogens with zero attached hydrogens (tertiary/aromatic N) is 1. The molecule has 0 unspecified atom stereocenters. The minimum absolute atomic E-state index is 0.0120. The fourth-order valence-electron chi connectivity index (χ4n) is 1.52. The van der Waals surface area contributed by atoms with Crippen molar-refractivity contribution in [2.24, 2.45) is 0 Å². The summed E-state index contributed by atoms with van der Waals surface area (Å²) in [5, 5.41) is 18.2. The Kier molecular flexibility index (Phi) is 5.01. The van der Waals surface area contributed by atoms with Crippen molar-refractivity contribution >= 4 is 18.6 Å². The van der Waals surface area contributed by atoms with E-state index >= 15 is 0 Å². The van der Waals surface area contributed by atoms with Gasteiger partial charge in [-0.1, -0.05) is 0 Å². The Morgan fingerprint density at radius 1 is 1.53 bits per heavy atom. The van der Waals surface area contributed by atoms with Crippen molar-refractivity contribution in [1.29, 1.82) is 5.26 Å². The van der Waals surface area contributed by atoms with Gasteiger partial charge < -0.3 is 9.84 Å². The zero-order chi connectivity index (χ0) is 12.8. The van der Waals surface area contributed by atoms with Gasteiger partial charge in [-0.2, -0.15) is 5.26 Å². The van der Waals surface area contributed by atoms with E-state index in [0.717, 1.165) is 0 Å². The number of thiol groups is 1. The molecule has 0 spiro atoms. The van der Waals surface area contributed by atoms with Crippen LogP contribution in [0.1, 0.15) is 23.6 Å². The molecule has 0 heterocycles. The Balaban J connectivity index is 3.10. The SMILES string of the molecule is CCOC(=O)Cc1cc(S)cc(CO)c1C#N. The highest BCUT2D eigenvalue weighted by Crippen LogP contribution is 2.20. The number of nitriles is 1. The quantitative estimate of drug-likeness (QED) is 0.627. The third-order valence-corrected chi connectivity index (χ3v) is 2.47. The molecule has 0 atom stereocenters. The van der Waals surface area contributed by atoms with Crippen molar-refractivity contribution < 1.29 is 14.6 Å². The van der Waals surface area contributed by atoms with E-state index in [2.05, 4.69) is 12.6 Å². The highest BCUT2D eigenvalue weighted by molar-refractivity contribution is 7.80. The highest BCUT2D eigenvalue weighted by atomic mass is 32.1. The van der Waals surface area contributed by atoms with Gasteiger partial charge in [-0.05, 0) is 30.2 Å². The first-order valence-electron chi connectivity index (χ1n) is 5.13. The van der Waals surface area contributed by atoms with E-state index in [1.807, 2.05) is 6.07 Å². The second kappa shape index (κ2) is 6.28. The van der Waals surface area contributed by atoms with Gasteiger partial charge in [0.05, 0.1) is 31.3 Å². The number of ether oxygens (including phenoxy) is 1. The second-order valence-corrected chi connectivity index (χ2v) is 3.91. The maximum absolute atomic E-state index is 11.4. The lowest BCUT2D eigenvalue weighted by Crippen LogP contribution is -2.10. The van der Waals surface area contributed by atoms with E-state index in [1.54, 1.807) is 19.1 Å². The summed E-state index contributed by atoms with van der Waals surface area (Å²) in [6, 6.07) is 5.23. The van der Waals surface area contributed by atoms with Gasteiger partial charge in [0.25, 0.3) is 0 Å². The van der Waals surface area contributed by atoms with E-state index in [-0.39, 0.29) is 13.0 Å². The van der Waals surface area contributed by atoms with Gasteiger partial charge in [0.15, 0.2) is 0 Å². The molecule has 1 aromatic rings. The lowest BCUT2D eigenvalue weighted by atomic mass is 10.00. The minimum Gasteiger partial charge on any atom is -0.466 e. The molecule has 90 valence electrons. The summed E-state index contributed by atoms with van der Waals surface area (Å²) >= 11 is 4.17. The predicted octanol–water partition coefficient (Wildman–Crippen LogP) is 1.44. The first kappa shape index (κ1) is 13.6. The Morgan fingerprint density at radius 2 is 2.18 bits per heavy atom. The van der Waals surface area contributed by atoms with Crippen LogP contribution < -0.4 is 0 Å². The molecule has 0 fully saturated rings. The number of rotatable bonds is 4. The van der Waals surface area contributed by atoms with E-state index in [9.17, 15) is 4.79 Å². The third kappa shape index (κ3) is 3.48. The zero-order valence-electron chi connectivity index (χ0n) is 9.43. The predicted molar refractivity (Wildman–Crippen MR) is 64.7 cm³/mol. The summed E-state index contributed by atoms with van der Waals surface area (Å²) < 4.78 is 4.82. The average Bonchev–Trinajstić information content (AvgIpc) is 2.28. The van der Waals surface area contributed by atoms with Crippen LogP contribution in [0.25, 0.3) is 0 Å². The fraction of sp³-hybridized carbons (Fsp3) is 0.333. The van der Waals surface area contributed by atoms with Crippen LogP contribution in [-0.2, 0) is 22.6 Å². The van der Waals surface area contributed by atoms with Crippen LogP contribution in [0, 0.1) is 11.3 Å². The van der Waals surface area contributed by atoms with Gasteiger partial charge in [-0.15, -0.1) is 12.6 Å². The first-order chi connectivity index (χ1) is 8.12. The Morgan fingerprint density at radius 3 is 2.71 bits per heavy atom. The van der Waals surface area contributed by atoms with E-state index in [4.69, 9.17) is 15.1 Å². The summed E-state index contributed by atoms with van der Waals surface area (Å²) in [5.41, 5.74) is 1.32. The molecular formula is C12H13NO3S. The van der Waals surface area contributed by atoms with Gasteiger partial charge >= 0.3 is 5.97 Å². The molecule has 5 heteroatoms. The normalized spacial score (nSPS) is 9.76. The maximum atomic E-state index is 11.4. The number of hydrogen-bond donors (Lipinski definition) is 2. The molecular weight excluding hydrogens is 238 g/mol. The van der Waals surface area contributed by atoms with Crippen molar-refractivity contribution in [1.82, 2.24) is 0 Å². The molecule has 0 aliphatic rings. The molecule has 1 aromatic carbocycles. The molecule has 0 aromatic heterocycles. The average molecular weight is 251 g/mol. The van der Waals surface area contributed by atoms with Gasteiger partial charge in [-0.25, -0.2) is 0 Å². The summed E-state index contributed by atoms with van der Waals surface area (Å²) in [6.45, 7) is 1.76. The standard InChI is InChI=1S/C12H13NO3S/c1-2-16-12(15)5-8-3-10(17)4-9(7-14)11(8)6-13/h3-4,14,17H,2,5,7H2,1H3. The van der Waals surface area contributed by atoms with Gasteiger partial charge in [0.1, 0.15) is 0 Å². The van der Waals surface area contributed by atoms with Crippen LogP contribution in [0.3, 0.4) is 0 Å². The zero-order valence-corrected chi connectivity index (χ0v) is 10.3. The van der Waals surface area contributed by atoms with Gasteiger partial charge in [0.2, 0.25) is 0 Å². The van der Waals surface area contributed by atoms with Crippen LogP contribution >= 0.6 is 12.6 Å². The monoisotopic (exact) mass is 251 g/mol. The lowest BCUT2D eigenvalue weighted by Gasteiger charge is -2.09. The summed E-state index contributed by atoms with van der Waals surface area (Å²) in [4.78, 5) is 12.0. The number of aliphatic hydroxyl groups is 1.